The van der Waals surface area contributed by atoms with E-state index in [1.165, 1.54) is 19.2 Å². The van der Waals surface area contributed by atoms with Gasteiger partial charge in [0.1, 0.15) is 11.8 Å². The Kier molecular flexibility index (Phi) is 4.55. The van der Waals surface area contributed by atoms with Gasteiger partial charge in [0.15, 0.2) is 0 Å². The molecule has 2 amide bonds. The summed E-state index contributed by atoms with van der Waals surface area (Å²) in [5.74, 6) is -1.29. The van der Waals surface area contributed by atoms with Gasteiger partial charge in [-0.2, -0.15) is 0 Å². The van der Waals surface area contributed by atoms with E-state index in [1.807, 2.05) is 0 Å². The summed E-state index contributed by atoms with van der Waals surface area (Å²) >= 11 is 0. The Morgan fingerprint density at radius 1 is 1.04 bits per heavy atom. The number of carbonyl (C=O) groups excluding carboxylic acids is 2. The minimum absolute atomic E-state index is 0.0335. The molecule has 0 aromatic heterocycles. The van der Waals surface area contributed by atoms with Crippen molar-refractivity contribution in [1.29, 1.82) is 0 Å². The van der Waals surface area contributed by atoms with Gasteiger partial charge in [-0.1, -0.05) is 18.2 Å². The number of methoxy groups -OCH3 is 1. The van der Waals surface area contributed by atoms with Crippen LogP contribution in [0.2, 0.25) is 0 Å². The van der Waals surface area contributed by atoms with E-state index in [1.54, 1.807) is 18.2 Å². The summed E-state index contributed by atoms with van der Waals surface area (Å²) in [4.78, 5) is 47.1. The lowest BCUT2D eigenvalue weighted by Crippen LogP contribution is -2.38. The van der Waals surface area contributed by atoms with E-state index >= 15 is 0 Å². The zero-order valence-electron chi connectivity index (χ0n) is 14.0. The standard InChI is InChI=1S/C17H13N3O7/c1-27-15-5-3-2-4-12(15)14(9-18(23)24)19-16(21)11-7-6-10(20(25)26)8-13(11)17(19)22/h2-8,14H,9H2,1H3/t14-/m0/s1. The smallest absolute Gasteiger partial charge is 0.270 e. The number of imide groups is 1. The Morgan fingerprint density at radius 3 is 2.33 bits per heavy atom. The number of fused-ring (bicyclic) bond motifs is 1. The topological polar surface area (TPSA) is 133 Å². The summed E-state index contributed by atoms with van der Waals surface area (Å²) in [6.07, 6.45) is 0. The molecule has 10 nitrogen and oxygen atoms in total. The second-order valence-corrected chi connectivity index (χ2v) is 5.74. The van der Waals surface area contributed by atoms with E-state index < -0.39 is 34.2 Å². The average molecular weight is 371 g/mol. The predicted molar refractivity (Wildman–Crippen MR) is 91.2 cm³/mol. The normalized spacial score (nSPS) is 14.0. The van der Waals surface area contributed by atoms with Crippen LogP contribution in [0, 0.1) is 20.2 Å². The van der Waals surface area contributed by atoms with Crippen molar-refractivity contribution in [1.82, 2.24) is 4.90 Å². The van der Waals surface area contributed by atoms with E-state index in [0.717, 1.165) is 17.0 Å². The molecule has 2 aromatic carbocycles. The Labute approximate surface area is 152 Å². The minimum Gasteiger partial charge on any atom is -0.496 e. The SMILES string of the molecule is COc1ccccc1[C@H](C[N+](=O)[O-])N1C(=O)c2ccc([N+](=O)[O-])cc2C1=O. The lowest BCUT2D eigenvalue weighted by Gasteiger charge is -2.24. The van der Waals surface area contributed by atoms with Crippen LogP contribution >= 0.6 is 0 Å². The molecule has 0 fully saturated rings. The van der Waals surface area contributed by atoms with Crippen LogP contribution in [-0.4, -0.2) is 40.2 Å². The van der Waals surface area contributed by atoms with Gasteiger partial charge in [-0.3, -0.25) is 34.7 Å². The maximum Gasteiger partial charge on any atom is 0.270 e. The van der Waals surface area contributed by atoms with Gasteiger partial charge in [0.25, 0.3) is 17.5 Å². The number of non-ortho nitro benzene ring substituents is 1. The third-order valence-corrected chi connectivity index (χ3v) is 4.24. The highest BCUT2D eigenvalue weighted by Gasteiger charge is 2.44. The van der Waals surface area contributed by atoms with Crippen LogP contribution in [0.25, 0.3) is 0 Å². The van der Waals surface area contributed by atoms with Crippen LogP contribution in [0.15, 0.2) is 42.5 Å². The third-order valence-electron chi connectivity index (χ3n) is 4.24. The van der Waals surface area contributed by atoms with Crippen molar-refractivity contribution in [2.75, 3.05) is 13.7 Å². The van der Waals surface area contributed by atoms with Crippen LogP contribution < -0.4 is 4.74 Å². The molecule has 0 radical (unpaired) electrons. The van der Waals surface area contributed by atoms with Crippen molar-refractivity contribution in [3.05, 3.63) is 79.4 Å². The number of carbonyl (C=O) groups is 2. The maximum atomic E-state index is 12.8. The lowest BCUT2D eigenvalue weighted by molar-refractivity contribution is -0.486. The molecule has 0 aliphatic carbocycles. The zero-order chi connectivity index (χ0) is 19.7. The number of hydrogen-bond donors (Lipinski definition) is 0. The van der Waals surface area contributed by atoms with Crippen LogP contribution in [0.3, 0.4) is 0 Å². The van der Waals surface area contributed by atoms with Crippen molar-refractivity contribution in [2.24, 2.45) is 0 Å². The number of ether oxygens (including phenoxy) is 1. The molecule has 1 aliphatic rings. The predicted octanol–water partition coefficient (Wildman–Crippen LogP) is 2.22. The van der Waals surface area contributed by atoms with Gasteiger partial charge in [0.05, 0.1) is 23.2 Å². The van der Waals surface area contributed by atoms with Crippen molar-refractivity contribution in [3.8, 4) is 5.75 Å². The summed E-state index contributed by atoms with van der Waals surface area (Å²) in [6.45, 7) is -0.728. The first-order valence-electron chi connectivity index (χ1n) is 7.76. The van der Waals surface area contributed by atoms with E-state index in [0.29, 0.717) is 5.56 Å². The molecular weight excluding hydrogens is 358 g/mol. The van der Waals surface area contributed by atoms with Crippen LogP contribution in [0.5, 0.6) is 5.75 Å². The molecule has 27 heavy (non-hydrogen) atoms. The molecule has 3 rings (SSSR count). The number of rotatable bonds is 6. The van der Waals surface area contributed by atoms with Gasteiger partial charge in [-0.05, 0) is 12.1 Å². The third kappa shape index (κ3) is 3.08. The van der Waals surface area contributed by atoms with Gasteiger partial charge in [0, 0.05) is 22.6 Å². The van der Waals surface area contributed by atoms with Crippen molar-refractivity contribution in [2.45, 2.75) is 6.04 Å². The molecule has 0 N–H and O–H groups in total. The molecule has 0 spiro atoms. The summed E-state index contributed by atoms with van der Waals surface area (Å²) in [7, 11) is 1.37. The van der Waals surface area contributed by atoms with Gasteiger partial charge in [-0.15, -0.1) is 0 Å². The minimum atomic E-state index is -1.22. The van der Waals surface area contributed by atoms with E-state index in [-0.39, 0.29) is 22.6 Å². The first-order valence-corrected chi connectivity index (χ1v) is 7.76. The zero-order valence-corrected chi connectivity index (χ0v) is 14.0. The monoisotopic (exact) mass is 371 g/mol. The molecule has 0 saturated carbocycles. The Bertz CT molecular complexity index is 973. The quantitative estimate of drug-likeness (QED) is 0.432. The second kappa shape index (κ2) is 6.83. The Balaban J connectivity index is 2.10. The van der Waals surface area contributed by atoms with Gasteiger partial charge < -0.3 is 4.74 Å². The molecule has 0 bridgehead atoms. The first-order chi connectivity index (χ1) is 12.8. The van der Waals surface area contributed by atoms with Crippen LogP contribution in [0.1, 0.15) is 32.3 Å². The summed E-state index contributed by atoms with van der Waals surface area (Å²) in [5, 5.41) is 22.1. The molecule has 1 heterocycles. The van der Waals surface area contributed by atoms with Gasteiger partial charge in [-0.25, -0.2) is 0 Å². The molecule has 138 valence electrons. The summed E-state index contributed by atoms with van der Waals surface area (Å²) in [5.41, 5.74) is -0.244. The highest BCUT2D eigenvalue weighted by Crippen LogP contribution is 2.36. The number of nitrogens with zero attached hydrogens (tertiary/aromatic N) is 3. The number of amides is 2. The van der Waals surface area contributed by atoms with Crippen molar-refractivity contribution in [3.63, 3.8) is 0 Å². The highest BCUT2D eigenvalue weighted by atomic mass is 16.6. The van der Waals surface area contributed by atoms with Crippen molar-refractivity contribution < 1.29 is 24.2 Å². The largest absolute Gasteiger partial charge is 0.496 e. The first kappa shape index (κ1) is 18.0. The highest BCUT2D eigenvalue weighted by molar-refractivity contribution is 6.21. The van der Waals surface area contributed by atoms with E-state index in [9.17, 15) is 29.8 Å². The lowest BCUT2D eigenvalue weighted by atomic mass is 10.0. The maximum absolute atomic E-state index is 12.8. The fourth-order valence-corrected chi connectivity index (χ4v) is 3.05. The second-order valence-electron chi connectivity index (χ2n) is 5.74. The molecule has 10 heteroatoms. The summed E-state index contributed by atoms with van der Waals surface area (Å²) < 4.78 is 5.20. The number of benzene rings is 2. The molecule has 0 unspecified atom stereocenters. The van der Waals surface area contributed by atoms with Crippen molar-refractivity contribution >= 4 is 17.5 Å². The number of nitro benzene ring substituents is 1. The summed E-state index contributed by atoms with van der Waals surface area (Å²) in [6, 6.07) is 8.41. The number of hydrogen-bond acceptors (Lipinski definition) is 7. The fraction of sp³-hybridized carbons (Fsp3) is 0.176. The van der Waals surface area contributed by atoms with Crippen LogP contribution in [-0.2, 0) is 0 Å². The Morgan fingerprint density at radius 2 is 1.70 bits per heavy atom. The molecule has 1 atom stereocenters. The molecule has 0 saturated heterocycles. The van der Waals surface area contributed by atoms with E-state index in [2.05, 4.69) is 0 Å². The average Bonchev–Trinajstić information content (AvgIpc) is 2.90. The number of para-hydroxylation sites is 1. The van der Waals surface area contributed by atoms with E-state index in [4.69, 9.17) is 4.74 Å². The number of nitro groups is 2. The Hall–Kier alpha value is -3.82. The molecular formula is C17H13N3O7. The van der Waals surface area contributed by atoms with Crippen LogP contribution in [0.4, 0.5) is 5.69 Å². The van der Waals surface area contributed by atoms with Gasteiger partial charge >= 0.3 is 0 Å². The molecule has 1 aliphatic heterocycles. The molecule has 2 aromatic rings. The fourth-order valence-electron chi connectivity index (χ4n) is 3.05. The van der Waals surface area contributed by atoms with Gasteiger partial charge in [0.2, 0.25) is 6.54 Å².